The first-order valence-electron chi connectivity index (χ1n) is 7.33. The number of carbonyl (C=O) groups excluding carboxylic acids is 2. The molecule has 2 amide bonds. The lowest BCUT2D eigenvalue weighted by molar-refractivity contribution is -0.120. The van der Waals surface area contributed by atoms with Gasteiger partial charge in [0.1, 0.15) is 5.75 Å². The fraction of sp³-hybridized carbons (Fsp3) is 0.222. The molecular weight excluding hydrogens is 292 g/mol. The number of anilines is 1. The van der Waals surface area contributed by atoms with Crippen LogP contribution in [0.3, 0.4) is 0 Å². The second-order valence-corrected chi connectivity index (χ2v) is 5.15. The predicted octanol–water partition coefficient (Wildman–Crippen LogP) is 2.51. The summed E-state index contributed by atoms with van der Waals surface area (Å²) in [5.41, 5.74) is 2.44. The molecule has 2 N–H and O–H groups in total. The number of nitrogens with one attached hydrogen (secondary N) is 2. The number of benzene rings is 2. The number of hydrogen-bond acceptors (Lipinski definition) is 3. The van der Waals surface area contributed by atoms with Crippen molar-refractivity contribution in [3.8, 4) is 5.75 Å². The standard InChI is InChI=1S/C18H20N2O3/c1-13(21)20-16-8-9-17(23-2)15(11-16)12-19-18(22)10-14-6-4-3-5-7-14/h3-9,11H,10,12H2,1-2H3,(H,19,22)(H,20,21). The monoisotopic (exact) mass is 312 g/mol. The Kier molecular flexibility index (Phi) is 5.74. The van der Waals surface area contributed by atoms with Crippen LogP contribution in [0.5, 0.6) is 5.75 Å². The molecule has 0 aliphatic carbocycles. The Morgan fingerprint density at radius 2 is 1.83 bits per heavy atom. The van der Waals surface area contributed by atoms with Crippen LogP contribution in [0.4, 0.5) is 5.69 Å². The first kappa shape index (κ1) is 16.5. The number of carbonyl (C=O) groups is 2. The van der Waals surface area contributed by atoms with Crippen molar-refractivity contribution in [2.75, 3.05) is 12.4 Å². The average Bonchev–Trinajstić information content (AvgIpc) is 2.53. The lowest BCUT2D eigenvalue weighted by atomic mass is 10.1. The van der Waals surface area contributed by atoms with Gasteiger partial charge in [0.15, 0.2) is 0 Å². The number of methoxy groups -OCH3 is 1. The molecule has 0 aromatic heterocycles. The van der Waals surface area contributed by atoms with Gasteiger partial charge in [-0.25, -0.2) is 0 Å². The normalized spacial score (nSPS) is 10.0. The minimum Gasteiger partial charge on any atom is -0.496 e. The third kappa shape index (κ3) is 5.14. The summed E-state index contributed by atoms with van der Waals surface area (Å²) in [6, 6.07) is 14.9. The summed E-state index contributed by atoms with van der Waals surface area (Å²) in [6.07, 6.45) is 0.328. The largest absolute Gasteiger partial charge is 0.496 e. The molecule has 0 bridgehead atoms. The highest BCUT2D eigenvalue weighted by Crippen LogP contribution is 2.22. The Bertz CT molecular complexity index is 684. The number of rotatable bonds is 6. The first-order valence-corrected chi connectivity index (χ1v) is 7.33. The van der Waals surface area contributed by atoms with Crippen LogP contribution in [0.1, 0.15) is 18.1 Å². The lowest BCUT2D eigenvalue weighted by Crippen LogP contribution is -2.24. The van der Waals surface area contributed by atoms with Gasteiger partial charge >= 0.3 is 0 Å². The second-order valence-electron chi connectivity index (χ2n) is 5.15. The molecule has 0 atom stereocenters. The van der Waals surface area contributed by atoms with Crippen LogP contribution in [0.2, 0.25) is 0 Å². The summed E-state index contributed by atoms with van der Waals surface area (Å²) in [5.74, 6) is 0.455. The van der Waals surface area contributed by atoms with Gasteiger partial charge in [0, 0.05) is 24.7 Å². The van der Waals surface area contributed by atoms with Crippen molar-refractivity contribution in [3.05, 3.63) is 59.7 Å². The molecule has 0 heterocycles. The summed E-state index contributed by atoms with van der Waals surface area (Å²) in [6.45, 7) is 1.79. The van der Waals surface area contributed by atoms with E-state index in [9.17, 15) is 9.59 Å². The molecule has 0 fully saturated rings. The van der Waals surface area contributed by atoms with Crippen LogP contribution in [0.15, 0.2) is 48.5 Å². The van der Waals surface area contributed by atoms with Gasteiger partial charge in [0.2, 0.25) is 11.8 Å². The van der Waals surface area contributed by atoms with Gasteiger partial charge in [-0.15, -0.1) is 0 Å². The van der Waals surface area contributed by atoms with Crippen LogP contribution < -0.4 is 15.4 Å². The van der Waals surface area contributed by atoms with Crippen LogP contribution in [0.25, 0.3) is 0 Å². The zero-order valence-electron chi connectivity index (χ0n) is 13.3. The van der Waals surface area contributed by atoms with Crippen molar-refractivity contribution in [1.82, 2.24) is 5.32 Å². The Hall–Kier alpha value is -2.82. The SMILES string of the molecule is COc1ccc(NC(C)=O)cc1CNC(=O)Cc1ccccc1. The number of amides is 2. The molecule has 0 aliphatic rings. The van der Waals surface area contributed by atoms with Gasteiger partial charge < -0.3 is 15.4 Å². The molecule has 0 unspecified atom stereocenters. The van der Waals surface area contributed by atoms with E-state index in [0.717, 1.165) is 11.1 Å². The molecular formula is C18H20N2O3. The Morgan fingerprint density at radius 3 is 2.48 bits per heavy atom. The molecule has 0 radical (unpaired) electrons. The van der Waals surface area contributed by atoms with Gasteiger partial charge in [-0.1, -0.05) is 30.3 Å². The molecule has 2 aromatic carbocycles. The minimum absolute atomic E-state index is 0.0665. The van der Waals surface area contributed by atoms with Crippen molar-refractivity contribution in [2.24, 2.45) is 0 Å². The topological polar surface area (TPSA) is 67.4 Å². The maximum atomic E-state index is 12.0. The van der Waals surface area contributed by atoms with Crippen molar-refractivity contribution in [2.45, 2.75) is 19.9 Å². The summed E-state index contributed by atoms with van der Waals surface area (Å²) in [5, 5.41) is 5.59. The average molecular weight is 312 g/mol. The third-order valence-electron chi connectivity index (χ3n) is 3.28. The van der Waals surface area contributed by atoms with E-state index in [-0.39, 0.29) is 11.8 Å². The zero-order valence-corrected chi connectivity index (χ0v) is 13.3. The summed E-state index contributed by atoms with van der Waals surface area (Å²) in [4.78, 5) is 23.2. The second kappa shape index (κ2) is 7.98. The van der Waals surface area contributed by atoms with E-state index < -0.39 is 0 Å². The molecule has 0 saturated carbocycles. The van der Waals surface area contributed by atoms with Crippen molar-refractivity contribution < 1.29 is 14.3 Å². The maximum absolute atomic E-state index is 12.0. The van der Waals surface area contributed by atoms with E-state index in [4.69, 9.17) is 4.74 Å². The molecule has 5 nitrogen and oxygen atoms in total. The molecule has 5 heteroatoms. The van der Waals surface area contributed by atoms with E-state index in [1.54, 1.807) is 25.3 Å². The Balaban J connectivity index is 2.00. The van der Waals surface area contributed by atoms with E-state index >= 15 is 0 Å². The van der Waals surface area contributed by atoms with Gasteiger partial charge in [0.25, 0.3) is 0 Å². The summed E-state index contributed by atoms with van der Waals surface area (Å²) < 4.78 is 5.29. The number of ether oxygens (including phenoxy) is 1. The lowest BCUT2D eigenvalue weighted by Gasteiger charge is -2.12. The van der Waals surface area contributed by atoms with Gasteiger partial charge in [-0.3, -0.25) is 9.59 Å². The molecule has 2 aromatic rings. The van der Waals surface area contributed by atoms with Gasteiger partial charge in [0.05, 0.1) is 13.5 Å². The first-order chi connectivity index (χ1) is 11.1. The van der Waals surface area contributed by atoms with Crippen molar-refractivity contribution in [1.29, 1.82) is 0 Å². The molecule has 23 heavy (non-hydrogen) atoms. The molecule has 0 aliphatic heterocycles. The smallest absolute Gasteiger partial charge is 0.224 e. The zero-order chi connectivity index (χ0) is 16.7. The minimum atomic E-state index is -0.144. The molecule has 120 valence electrons. The van der Waals surface area contributed by atoms with Crippen LogP contribution in [-0.2, 0) is 22.6 Å². The van der Waals surface area contributed by atoms with E-state index in [1.165, 1.54) is 6.92 Å². The Labute approximate surface area is 135 Å². The molecule has 0 saturated heterocycles. The van der Waals surface area contributed by atoms with Crippen LogP contribution >= 0.6 is 0 Å². The fourth-order valence-corrected chi connectivity index (χ4v) is 2.24. The summed E-state index contributed by atoms with van der Waals surface area (Å²) >= 11 is 0. The third-order valence-corrected chi connectivity index (χ3v) is 3.28. The van der Waals surface area contributed by atoms with Crippen LogP contribution in [0, 0.1) is 0 Å². The maximum Gasteiger partial charge on any atom is 0.224 e. The summed E-state index contributed by atoms with van der Waals surface area (Å²) in [7, 11) is 1.57. The van der Waals surface area contributed by atoms with Gasteiger partial charge in [-0.2, -0.15) is 0 Å². The van der Waals surface area contributed by atoms with Crippen LogP contribution in [-0.4, -0.2) is 18.9 Å². The highest BCUT2D eigenvalue weighted by atomic mass is 16.5. The van der Waals surface area contributed by atoms with Gasteiger partial charge in [-0.05, 0) is 23.8 Å². The van der Waals surface area contributed by atoms with E-state index in [0.29, 0.717) is 24.4 Å². The molecule has 0 spiro atoms. The fourth-order valence-electron chi connectivity index (χ4n) is 2.24. The highest BCUT2D eigenvalue weighted by molar-refractivity contribution is 5.88. The van der Waals surface area contributed by atoms with Crippen molar-refractivity contribution >= 4 is 17.5 Å². The number of hydrogen-bond donors (Lipinski definition) is 2. The highest BCUT2D eigenvalue weighted by Gasteiger charge is 2.08. The Morgan fingerprint density at radius 1 is 1.09 bits per heavy atom. The van der Waals surface area contributed by atoms with Crippen molar-refractivity contribution in [3.63, 3.8) is 0 Å². The quantitative estimate of drug-likeness (QED) is 0.861. The van der Waals surface area contributed by atoms with E-state index in [2.05, 4.69) is 10.6 Å². The predicted molar refractivity (Wildman–Crippen MR) is 89.3 cm³/mol. The van der Waals surface area contributed by atoms with E-state index in [1.807, 2.05) is 30.3 Å². The molecule has 2 rings (SSSR count).